The monoisotopic (exact) mass is 512 g/mol. The largest absolute Gasteiger partial charge is 0.433 e. The first kappa shape index (κ1) is 27.1. The number of rotatable bonds is 6. The molecule has 3 fully saturated rings. The second-order valence-electron chi connectivity index (χ2n) is 10.7. The molecule has 0 bridgehead atoms. The summed E-state index contributed by atoms with van der Waals surface area (Å²) in [6.45, 7) is 7.49. The Balaban J connectivity index is 1.41. The highest BCUT2D eigenvalue weighted by Crippen LogP contribution is 2.48. The van der Waals surface area contributed by atoms with Gasteiger partial charge in [0.1, 0.15) is 11.5 Å². The molecule has 0 aromatic carbocycles. The molecule has 1 aliphatic carbocycles. The third-order valence-electron chi connectivity index (χ3n) is 8.64. The Morgan fingerprint density at radius 3 is 2.58 bits per heavy atom. The number of halogens is 3. The molecule has 0 N–H and O–H groups in total. The van der Waals surface area contributed by atoms with Crippen molar-refractivity contribution in [3.8, 4) is 0 Å². The Morgan fingerprint density at radius 2 is 1.94 bits per heavy atom. The van der Waals surface area contributed by atoms with Gasteiger partial charge in [0.2, 0.25) is 5.91 Å². The lowest BCUT2D eigenvalue weighted by Crippen LogP contribution is -2.55. The van der Waals surface area contributed by atoms with Gasteiger partial charge in [-0.2, -0.15) is 13.2 Å². The zero-order valence-corrected chi connectivity index (χ0v) is 21.8. The predicted molar refractivity (Wildman–Crippen MR) is 131 cm³/mol. The van der Waals surface area contributed by atoms with E-state index in [1.54, 1.807) is 13.2 Å². The van der Waals surface area contributed by atoms with Gasteiger partial charge in [0.05, 0.1) is 18.1 Å². The van der Waals surface area contributed by atoms with Crippen molar-refractivity contribution in [1.29, 1.82) is 0 Å². The van der Waals surface area contributed by atoms with Crippen LogP contribution in [0.5, 0.6) is 0 Å². The Hall–Kier alpha value is -1.91. The Bertz CT molecular complexity index is 907. The van der Waals surface area contributed by atoms with E-state index in [4.69, 9.17) is 9.47 Å². The Morgan fingerprint density at radius 1 is 1.22 bits per heavy atom. The number of hydrogen-bond acceptors (Lipinski definition) is 6. The number of ether oxygens (including phenoxy) is 2. The van der Waals surface area contributed by atoms with E-state index in [-0.39, 0.29) is 24.0 Å². The van der Waals surface area contributed by atoms with Crippen molar-refractivity contribution >= 4 is 11.7 Å². The summed E-state index contributed by atoms with van der Waals surface area (Å²) in [5.41, 5.74) is -1.32. The standard InChI is InChI=1S/C26H39F3N4O3/c1-18(2)25(10-8-19(16-25)31(3)20-9-15-36-17-21(20)35-4)24(34)33-13-11-32(12-14-33)23-7-5-6-22(30-23)26(27,28)29/h5-7,18-21H,8-17H2,1-4H3/t19-,20?,21?,25+/m1/s1. The van der Waals surface area contributed by atoms with Crippen LogP contribution in [0.2, 0.25) is 0 Å². The van der Waals surface area contributed by atoms with Crippen molar-refractivity contribution in [3.63, 3.8) is 0 Å². The molecule has 36 heavy (non-hydrogen) atoms. The molecule has 1 aromatic rings. The summed E-state index contributed by atoms with van der Waals surface area (Å²) in [5.74, 6) is 0.682. The highest BCUT2D eigenvalue weighted by molar-refractivity contribution is 5.84. The van der Waals surface area contributed by atoms with Crippen LogP contribution in [0, 0.1) is 11.3 Å². The number of nitrogens with zero attached hydrogens (tertiary/aromatic N) is 4. The smallest absolute Gasteiger partial charge is 0.379 e. The summed E-state index contributed by atoms with van der Waals surface area (Å²) in [5, 5.41) is 0. The average Bonchev–Trinajstić information content (AvgIpc) is 3.34. The zero-order valence-electron chi connectivity index (χ0n) is 21.8. The number of piperazine rings is 1. The number of likely N-dealkylation sites (N-methyl/N-ethyl adjacent to an activating group) is 1. The second kappa shape index (κ2) is 10.8. The topological polar surface area (TPSA) is 58.1 Å². The number of aromatic nitrogens is 1. The van der Waals surface area contributed by atoms with Crippen LogP contribution in [0.1, 0.15) is 45.2 Å². The van der Waals surface area contributed by atoms with Gasteiger partial charge >= 0.3 is 6.18 Å². The number of anilines is 1. The van der Waals surface area contributed by atoms with Crippen LogP contribution < -0.4 is 4.90 Å². The molecule has 1 saturated carbocycles. The summed E-state index contributed by atoms with van der Waals surface area (Å²) < 4.78 is 50.6. The van der Waals surface area contributed by atoms with E-state index >= 15 is 0 Å². The third kappa shape index (κ3) is 5.36. The molecule has 3 heterocycles. The van der Waals surface area contributed by atoms with Crippen molar-refractivity contribution in [2.45, 2.75) is 63.9 Å². The maximum atomic E-state index is 13.9. The molecule has 7 nitrogen and oxygen atoms in total. The third-order valence-corrected chi connectivity index (χ3v) is 8.64. The minimum absolute atomic E-state index is 0.0334. The fourth-order valence-electron chi connectivity index (χ4n) is 6.24. The fourth-order valence-corrected chi connectivity index (χ4v) is 6.24. The summed E-state index contributed by atoms with van der Waals surface area (Å²) in [4.78, 5) is 23.9. The van der Waals surface area contributed by atoms with Crippen LogP contribution in [0.15, 0.2) is 18.2 Å². The number of methoxy groups -OCH3 is 1. The molecule has 202 valence electrons. The normalized spacial score (nSPS) is 29.9. The highest BCUT2D eigenvalue weighted by atomic mass is 19.4. The van der Waals surface area contributed by atoms with E-state index in [9.17, 15) is 18.0 Å². The van der Waals surface area contributed by atoms with Crippen LogP contribution in [0.25, 0.3) is 0 Å². The second-order valence-corrected chi connectivity index (χ2v) is 10.7. The van der Waals surface area contributed by atoms with E-state index in [0.717, 1.165) is 38.4 Å². The van der Waals surface area contributed by atoms with Crippen molar-refractivity contribution in [2.75, 3.05) is 58.5 Å². The molecule has 0 radical (unpaired) electrons. The first-order valence-electron chi connectivity index (χ1n) is 13.0. The van der Waals surface area contributed by atoms with Crippen molar-refractivity contribution in [2.24, 2.45) is 11.3 Å². The SMILES string of the molecule is COC1COCCC1N(C)[C@@H]1CC[C@@](C(=O)N2CCN(c3cccc(C(F)(F)F)n3)CC2)(C(C)C)C1. The zero-order chi connectivity index (χ0) is 26.1. The van der Waals surface area contributed by atoms with Crippen molar-refractivity contribution < 1.29 is 27.4 Å². The molecule has 1 amide bonds. The van der Waals surface area contributed by atoms with Crippen molar-refractivity contribution in [3.05, 3.63) is 23.9 Å². The first-order valence-corrected chi connectivity index (χ1v) is 13.0. The number of amides is 1. The lowest BCUT2D eigenvalue weighted by Gasteiger charge is -2.43. The van der Waals surface area contributed by atoms with E-state index in [1.807, 2.05) is 9.80 Å². The molecule has 4 atom stereocenters. The van der Waals surface area contributed by atoms with Gasteiger partial charge in [0.25, 0.3) is 0 Å². The number of alkyl halides is 3. The molecule has 1 aromatic heterocycles. The number of carbonyl (C=O) groups excluding carboxylic acids is 1. The average molecular weight is 513 g/mol. The fraction of sp³-hybridized carbons (Fsp3) is 0.769. The summed E-state index contributed by atoms with van der Waals surface area (Å²) in [6.07, 6.45) is -0.914. The maximum absolute atomic E-state index is 13.9. The minimum Gasteiger partial charge on any atom is -0.379 e. The molecule has 2 aliphatic heterocycles. The summed E-state index contributed by atoms with van der Waals surface area (Å²) >= 11 is 0. The Labute approximate surface area is 211 Å². The number of carbonyl (C=O) groups is 1. The van der Waals surface area contributed by atoms with Crippen LogP contribution >= 0.6 is 0 Å². The van der Waals surface area contributed by atoms with Gasteiger partial charge in [-0.25, -0.2) is 4.98 Å². The lowest BCUT2D eigenvalue weighted by atomic mass is 9.74. The molecule has 0 spiro atoms. The molecule has 2 unspecified atom stereocenters. The maximum Gasteiger partial charge on any atom is 0.433 e. The van der Waals surface area contributed by atoms with Crippen LogP contribution in [-0.2, 0) is 20.4 Å². The van der Waals surface area contributed by atoms with Gasteiger partial charge in [-0.15, -0.1) is 0 Å². The number of hydrogen-bond donors (Lipinski definition) is 0. The molecular weight excluding hydrogens is 473 g/mol. The summed E-state index contributed by atoms with van der Waals surface area (Å²) in [7, 11) is 3.87. The molecule has 2 saturated heterocycles. The van der Waals surface area contributed by atoms with Crippen LogP contribution in [0.4, 0.5) is 19.0 Å². The van der Waals surface area contributed by atoms with Crippen LogP contribution in [0.3, 0.4) is 0 Å². The van der Waals surface area contributed by atoms with E-state index < -0.39 is 17.3 Å². The minimum atomic E-state index is -4.47. The molecule has 4 rings (SSSR count). The predicted octanol–water partition coefficient (Wildman–Crippen LogP) is 3.68. The van der Waals surface area contributed by atoms with Crippen molar-refractivity contribution in [1.82, 2.24) is 14.8 Å². The summed E-state index contributed by atoms with van der Waals surface area (Å²) in [6, 6.07) is 4.54. The van der Waals surface area contributed by atoms with E-state index in [1.165, 1.54) is 6.07 Å². The van der Waals surface area contributed by atoms with Gasteiger partial charge in [0.15, 0.2) is 0 Å². The van der Waals surface area contributed by atoms with Gasteiger partial charge < -0.3 is 19.3 Å². The molecule has 3 aliphatic rings. The van der Waals surface area contributed by atoms with E-state index in [2.05, 4.69) is 30.8 Å². The van der Waals surface area contributed by atoms with Gasteiger partial charge in [-0.05, 0) is 50.8 Å². The van der Waals surface area contributed by atoms with Gasteiger partial charge in [0, 0.05) is 52.0 Å². The Kier molecular flexibility index (Phi) is 8.16. The van der Waals surface area contributed by atoms with Crippen LogP contribution in [-0.4, -0.2) is 92.4 Å². The quantitative estimate of drug-likeness (QED) is 0.580. The van der Waals surface area contributed by atoms with Gasteiger partial charge in [-0.1, -0.05) is 19.9 Å². The highest BCUT2D eigenvalue weighted by Gasteiger charge is 2.51. The van der Waals surface area contributed by atoms with E-state index in [0.29, 0.717) is 44.6 Å². The lowest BCUT2D eigenvalue weighted by molar-refractivity contribution is -0.145. The first-order chi connectivity index (χ1) is 17.1. The van der Waals surface area contributed by atoms with Gasteiger partial charge in [-0.3, -0.25) is 9.69 Å². The molecular formula is C26H39F3N4O3. The number of pyridine rings is 1. The molecule has 10 heteroatoms.